The Balaban J connectivity index is 1.54. The quantitative estimate of drug-likeness (QED) is 0.281. The lowest BCUT2D eigenvalue weighted by Gasteiger charge is -2.34. The van der Waals surface area contributed by atoms with Crippen molar-refractivity contribution in [3.8, 4) is 0 Å². The van der Waals surface area contributed by atoms with Gasteiger partial charge >= 0.3 is 0 Å². The normalized spacial score (nSPS) is 15.3. The van der Waals surface area contributed by atoms with Crippen molar-refractivity contribution in [3.05, 3.63) is 53.2 Å². The highest BCUT2D eigenvalue weighted by atomic mass is 35.5. The highest BCUT2D eigenvalue weighted by Crippen LogP contribution is 2.20. The second-order valence-electron chi connectivity index (χ2n) is 7.20. The van der Waals surface area contributed by atoms with Gasteiger partial charge in [-0.1, -0.05) is 17.7 Å². The van der Waals surface area contributed by atoms with Crippen molar-refractivity contribution >= 4 is 35.1 Å². The molecule has 1 saturated heterocycles. The number of halogens is 1. The number of aliphatic imine (C=N–C) groups is 1. The molecule has 0 amide bonds. The van der Waals surface area contributed by atoms with Crippen LogP contribution in [0, 0.1) is 0 Å². The molecular formula is C22H31ClN6S. The van der Waals surface area contributed by atoms with Gasteiger partial charge in [0.2, 0.25) is 0 Å². The summed E-state index contributed by atoms with van der Waals surface area (Å²) in [5.41, 5.74) is 1.16. The van der Waals surface area contributed by atoms with Crippen LogP contribution in [0.15, 0.2) is 52.5 Å². The van der Waals surface area contributed by atoms with Crippen molar-refractivity contribution in [2.75, 3.05) is 57.0 Å². The number of rotatable bonds is 8. The number of nitrogens with zero attached hydrogens (tertiary/aromatic N) is 4. The molecule has 1 aliphatic rings. The average molecular weight is 447 g/mol. The van der Waals surface area contributed by atoms with Crippen LogP contribution in [0.4, 0.5) is 5.82 Å². The van der Waals surface area contributed by atoms with Crippen molar-refractivity contribution in [1.29, 1.82) is 0 Å². The topological polar surface area (TPSA) is 55.8 Å². The molecule has 0 radical (unpaired) electrons. The molecule has 0 bridgehead atoms. The minimum atomic E-state index is 0.606. The van der Waals surface area contributed by atoms with Crippen LogP contribution in [0.1, 0.15) is 12.5 Å². The first-order chi connectivity index (χ1) is 14.7. The molecule has 2 aromatic rings. The summed E-state index contributed by atoms with van der Waals surface area (Å²) in [4.78, 5) is 15.4. The summed E-state index contributed by atoms with van der Waals surface area (Å²) < 4.78 is 0. The molecule has 162 valence electrons. The van der Waals surface area contributed by atoms with Crippen LogP contribution in [-0.2, 0) is 6.54 Å². The fraction of sp³-hybridized carbons (Fsp3) is 0.455. The maximum absolute atomic E-state index is 5.95. The third-order valence-corrected chi connectivity index (χ3v) is 6.16. The number of pyridine rings is 1. The molecule has 2 N–H and O–H groups in total. The largest absolute Gasteiger partial charge is 0.357 e. The molecule has 0 unspecified atom stereocenters. The van der Waals surface area contributed by atoms with E-state index >= 15 is 0 Å². The lowest BCUT2D eigenvalue weighted by Crippen LogP contribution is -2.45. The molecule has 1 aliphatic heterocycles. The highest BCUT2D eigenvalue weighted by Gasteiger charge is 2.17. The van der Waals surface area contributed by atoms with E-state index in [1.54, 1.807) is 11.8 Å². The number of hydrogen-bond donors (Lipinski definition) is 2. The Morgan fingerprint density at radius 3 is 2.63 bits per heavy atom. The Hall–Kier alpha value is -1.96. The number of anilines is 1. The Bertz CT molecular complexity index is 806. The SMILES string of the molecule is CCNC(=NCc1cccnc1N1CCN(C)CC1)NCCSc1ccc(Cl)cc1. The van der Waals surface area contributed by atoms with Gasteiger partial charge in [0.05, 0.1) is 6.54 Å². The number of hydrogen-bond acceptors (Lipinski definition) is 5. The fourth-order valence-corrected chi connectivity index (χ4v) is 4.13. The standard InChI is InChI=1S/C22H31ClN6S/c1-3-24-22(26-11-16-30-20-8-6-19(23)7-9-20)27-17-18-5-4-10-25-21(18)29-14-12-28(2)13-15-29/h4-10H,3,11-17H2,1-2H3,(H2,24,26,27). The summed E-state index contributed by atoms with van der Waals surface area (Å²) in [6.45, 7) is 8.49. The first-order valence-corrected chi connectivity index (χ1v) is 11.8. The monoisotopic (exact) mass is 446 g/mol. The number of benzene rings is 1. The summed E-state index contributed by atoms with van der Waals surface area (Å²) in [5, 5.41) is 7.53. The van der Waals surface area contributed by atoms with E-state index in [9.17, 15) is 0 Å². The number of aromatic nitrogens is 1. The smallest absolute Gasteiger partial charge is 0.191 e. The van der Waals surface area contributed by atoms with Gasteiger partial charge in [-0.3, -0.25) is 0 Å². The van der Waals surface area contributed by atoms with Gasteiger partial charge in [-0.15, -0.1) is 11.8 Å². The number of nitrogens with one attached hydrogen (secondary N) is 2. The van der Waals surface area contributed by atoms with E-state index in [-0.39, 0.29) is 0 Å². The van der Waals surface area contributed by atoms with E-state index in [4.69, 9.17) is 16.6 Å². The van der Waals surface area contributed by atoms with Crippen molar-refractivity contribution in [2.45, 2.75) is 18.4 Å². The Morgan fingerprint density at radius 2 is 1.90 bits per heavy atom. The van der Waals surface area contributed by atoms with Gasteiger partial charge in [-0.25, -0.2) is 9.98 Å². The van der Waals surface area contributed by atoms with Crippen molar-refractivity contribution in [2.24, 2.45) is 4.99 Å². The maximum atomic E-state index is 5.95. The summed E-state index contributed by atoms with van der Waals surface area (Å²) >= 11 is 7.75. The fourth-order valence-electron chi connectivity index (χ4n) is 3.23. The third-order valence-electron chi connectivity index (χ3n) is 4.90. The van der Waals surface area contributed by atoms with Crippen molar-refractivity contribution < 1.29 is 0 Å². The molecular weight excluding hydrogens is 416 g/mol. The molecule has 0 aliphatic carbocycles. The van der Waals surface area contributed by atoms with Crippen LogP contribution < -0.4 is 15.5 Å². The van der Waals surface area contributed by atoms with Crippen LogP contribution in [0.5, 0.6) is 0 Å². The molecule has 30 heavy (non-hydrogen) atoms. The van der Waals surface area contributed by atoms with Crippen molar-refractivity contribution in [1.82, 2.24) is 20.5 Å². The number of piperazine rings is 1. The van der Waals surface area contributed by atoms with Gasteiger partial charge < -0.3 is 20.4 Å². The summed E-state index contributed by atoms with van der Waals surface area (Å²) in [6.07, 6.45) is 1.87. The van der Waals surface area contributed by atoms with Gasteiger partial charge in [-0.2, -0.15) is 0 Å². The van der Waals surface area contributed by atoms with E-state index in [0.29, 0.717) is 6.54 Å². The first-order valence-electron chi connectivity index (χ1n) is 10.4. The van der Waals surface area contributed by atoms with Gasteiger partial charge in [0, 0.05) is 66.7 Å². The zero-order valence-electron chi connectivity index (χ0n) is 17.8. The molecule has 0 saturated carbocycles. The van der Waals surface area contributed by atoms with E-state index in [1.165, 1.54) is 4.90 Å². The van der Waals surface area contributed by atoms with E-state index in [1.807, 2.05) is 24.4 Å². The van der Waals surface area contributed by atoms with Crippen LogP contribution >= 0.6 is 23.4 Å². The predicted molar refractivity (Wildman–Crippen MR) is 129 cm³/mol. The number of thioether (sulfide) groups is 1. The van der Waals surface area contributed by atoms with Crippen LogP contribution in [-0.4, -0.2) is 67.9 Å². The third kappa shape index (κ3) is 7.07. The highest BCUT2D eigenvalue weighted by molar-refractivity contribution is 7.99. The van der Waals surface area contributed by atoms with Crippen LogP contribution in [0.2, 0.25) is 5.02 Å². The van der Waals surface area contributed by atoms with E-state index in [0.717, 1.165) is 67.4 Å². The minimum absolute atomic E-state index is 0.606. The zero-order valence-corrected chi connectivity index (χ0v) is 19.3. The Kier molecular flexibility index (Phi) is 9.11. The molecule has 1 aromatic carbocycles. The molecule has 0 atom stereocenters. The molecule has 8 heteroatoms. The van der Waals surface area contributed by atoms with E-state index < -0.39 is 0 Å². The van der Waals surface area contributed by atoms with Gasteiger partial charge in [-0.05, 0) is 44.3 Å². The first kappa shape index (κ1) is 22.7. The van der Waals surface area contributed by atoms with Gasteiger partial charge in [0.25, 0.3) is 0 Å². The molecule has 6 nitrogen and oxygen atoms in total. The summed E-state index contributed by atoms with van der Waals surface area (Å²) in [6, 6.07) is 12.1. The second-order valence-corrected chi connectivity index (χ2v) is 8.81. The average Bonchev–Trinajstić information content (AvgIpc) is 2.77. The van der Waals surface area contributed by atoms with E-state index in [2.05, 4.69) is 57.6 Å². The second kappa shape index (κ2) is 12.0. The molecule has 0 spiro atoms. The lowest BCUT2D eigenvalue weighted by atomic mass is 10.2. The molecule has 1 fully saturated rings. The Morgan fingerprint density at radius 1 is 1.13 bits per heavy atom. The molecule has 1 aromatic heterocycles. The number of likely N-dealkylation sites (N-methyl/N-ethyl adjacent to an activating group) is 1. The van der Waals surface area contributed by atoms with Gasteiger partial charge in [0.15, 0.2) is 5.96 Å². The summed E-state index contributed by atoms with van der Waals surface area (Å²) in [5.74, 6) is 2.84. The zero-order chi connectivity index (χ0) is 21.2. The van der Waals surface area contributed by atoms with Crippen molar-refractivity contribution in [3.63, 3.8) is 0 Å². The minimum Gasteiger partial charge on any atom is -0.357 e. The van der Waals surface area contributed by atoms with Gasteiger partial charge in [0.1, 0.15) is 5.82 Å². The van der Waals surface area contributed by atoms with Crippen LogP contribution in [0.3, 0.4) is 0 Å². The Labute approximate surface area is 189 Å². The number of guanidine groups is 1. The summed E-state index contributed by atoms with van der Waals surface area (Å²) in [7, 11) is 2.17. The van der Waals surface area contributed by atoms with Crippen LogP contribution in [0.25, 0.3) is 0 Å². The lowest BCUT2D eigenvalue weighted by molar-refractivity contribution is 0.312. The maximum Gasteiger partial charge on any atom is 0.191 e. The molecule has 2 heterocycles. The molecule has 3 rings (SSSR count). The predicted octanol–water partition coefficient (Wildman–Crippen LogP) is 3.33.